The van der Waals surface area contributed by atoms with Gasteiger partial charge in [-0.2, -0.15) is 0 Å². The third kappa shape index (κ3) is 8.54. The number of halogens is 1. The van der Waals surface area contributed by atoms with Gasteiger partial charge >= 0.3 is 12.2 Å². The van der Waals surface area contributed by atoms with E-state index in [4.69, 9.17) is 30.9 Å². The largest absolute Gasteiger partial charge is 0.474 e. The highest BCUT2D eigenvalue weighted by atomic mass is 32.1. The summed E-state index contributed by atoms with van der Waals surface area (Å²) in [5.41, 5.74) is -0.419. The van der Waals surface area contributed by atoms with E-state index in [1.807, 2.05) is 0 Å². The maximum Gasteiger partial charge on any atom is 0.414 e. The second-order valence-electron chi connectivity index (χ2n) is 11.4. The Bertz CT molecular complexity index is 996. The van der Waals surface area contributed by atoms with E-state index < -0.39 is 38.0 Å². The highest BCUT2D eigenvalue weighted by molar-refractivity contribution is 7.80. The Balaban J connectivity index is 2.22. The molecule has 2 rings (SSSR count). The Morgan fingerprint density at radius 1 is 1.27 bits per heavy atom. The predicted molar refractivity (Wildman–Crippen MR) is 148 cm³/mol. The lowest BCUT2D eigenvalue weighted by Crippen LogP contribution is -2.44. The summed E-state index contributed by atoms with van der Waals surface area (Å²) in [5, 5.41) is 3.01. The van der Waals surface area contributed by atoms with Gasteiger partial charge in [0.15, 0.2) is 8.32 Å². The monoisotopic (exact) mass is 557 g/mol. The summed E-state index contributed by atoms with van der Waals surface area (Å²) in [4.78, 5) is 28.0. The lowest BCUT2D eigenvalue weighted by molar-refractivity contribution is 0.0573. The molecule has 1 heterocycles. The van der Waals surface area contributed by atoms with Crippen LogP contribution in [-0.4, -0.2) is 70.7 Å². The summed E-state index contributed by atoms with van der Waals surface area (Å²) in [7, 11) is -0.640. The van der Waals surface area contributed by atoms with Gasteiger partial charge in [0, 0.05) is 0 Å². The third-order valence-electron chi connectivity index (χ3n) is 6.27. The minimum Gasteiger partial charge on any atom is -0.474 e. The SMILES string of the molecule is COC(=S)NC[C@H]1CN(c2ccc(N(CCO[Si](C)(C)C(C)(C)C)C(=O)OC(C)(C)C)c(F)c2)C(=O)O1. The van der Waals surface area contributed by atoms with E-state index >= 15 is 4.39 Å². The number of nitrogens with zero attached hydrogens (tertiary/aromatic N) is 2. The number of carbonyl (C=O) groups excluding carboxylic acids is 2. The average molecular weight is 558 g/mol. The van der Waals surface area contributed by atoms with Gasteiger partial charge < -0.3 is 24.0 Å². The molecule has 0 saturated carbocycles. The van der Waals surface area contributed by atoms with Crippen LogP contribution in [0.25, 0.3) is 0 Å². The van der Waals surface area contributed by atoms with E-state index in [1.165, 1.54) is 29.0 Å². The summed E-state index contributed by atoms with van der Waals surface area (Å²) in [6, 6.07) is 4.24. The number of ether oxygens (including phenoxy) is 3. The van der Waals surface area contributed by atoms with Crippen LogP contribution in [0.4, 0.5) is 25.4 Å². The molecule has 1 aromatic rings. The van der Waals surface area contributed by atoms with E-state index in [2.05, 4.69) is 39.2 Å². The Kier molecular flexibility index (Phi) is 9.94. The van der Waals surface area contributed by atoms with Crippen LogP contribution in [0.2, 0.25) is 18.1 Å². The fourth-order valence-electron chi connectivity index (χ4n) is 3.23. The number of nitrogens with one attached hydrogen (secondary N) is 1. The standard InChI is InChI=1S/C25H40FN3O6SSi/c1-24(2,3)35-23(31)28(12-13-33-37(8,9)25(4,5)6)20-11-10-17(14-19(20)26)29-16-18(34-22(29)30)15-27-21(36)32-7/h10-11,14,18H,12-13,15-16H2,1-9H3,(H,27,36)/t18-/m0/s1. The molecule has 0 aliphatic carbocycles. The van der Waals surface area contributed by atoms with E-state index in [-0.39, 0.29) is 42.1 Å². The van der Waals surface area contributed by atoms with Crippen molar-refractivity contribution in [1.29, 1.82) is 0 Å². The summed E-state index contributed by atoms with van der Waals surface area (Å²) in [6.45, 7) is 16.6. The maximum atomic E-state index is 15.4. The Hall–Kier alpha value is -2.44. The zero-order chi connectivity index (χ0) is 28.2. The van der Waals surface area contributed by atoms with Crippen LogP contribution in [0, 0.1) is 5.82 Å². The molecule has 1 atom stereocenters. The number of thiocarbonyl (C=S) groups is 1. The molecule has 2 amide bonds. The van der Waals surface area contributed by atoms with Crippen molar-refractivity contribution in [1.82, 2.24) is 5.32 Å². The van der Waals surface area contributed by atoms with Crippen LogP contribution in [0.1, 0.15) is 41.5 Å². The lowest BCUT2D eigenvalue weighted by Gasteiger charge is -2.37. The normalized spacial score (nSPS) is 16.3. The zero-order valence-electron chi connectivity index (χ0n) is 23.3. The van der Waals surface area contributed by atoms with E-state index in [1.54, 1.807) is 26.8 Å². The van der Waals surface area contributed by atoms with Crippen molar-refractivity contribution in [3.63, 3.8) is 0 Å². The van der Waals surface area contributed by atoms with Gasteiger partial charge in [-0.3, -0.25) is 9.80 Å². The Morgan fingerprint density at radius 3 is 2.46 bits per heavy atom. The molecule has 12 heteroatoms. The summed E-state index contributed by atoms with van der Waals surface area (Å²) in [5.74, 6) is -0.675. The maximum absolute atomic E-state index is 15.4. The van der Waals surface area contributed by atoms with Crippen molar-refractivity contribution in [3.05, 3.63) is 24.0 Å². The summed E-state index contributed by atoms with van der Waals surface area (Å²) in [6.07, 6.45) is -1.78. The number of benzene rings is 1. The van der Waals surface area contributed by atoms with Crippen LogP contribution < -0.4 is 15.1 Å². The fourth-order valence-corrected chi connectivity index (χ4v) is 4.34. The molecular formula is C25H40FN3O6SSi. The van der Waals surface area contributed by atoms with Crippen molar-refractivity contribution < 1.29 is 32.6 Å². The second kappa shape index (κ2) is 12.0. The van der Waals surface area contributed by atoms with Gasteiger partial charge in [0.05, 0.1) is 44.7 Å². The molecule has 37 heavy (non-hydrogen) atoms. The van der Waals surface area contributed by atoms with Gasteiger partial charge in [-0.25, -0.2) is 14.0 Å². The van der Waals surface area contributed by atoms with Crippen molar-refractivity contribution >= 4 is 49.3 Å². The van der Waals surface area contributed by atoms with Gasteiger partial charge in [0.25, 0.3) is 5.17 Å². The lowest BCUT2D eigenvalue weighted by atomic mass is 10.2. The molecule has 0 unspecified atom stereocenters. The van der Waals surface area contributed by atoms with Crippen LogP contribution >= 0.6 is 12.2 Å². The molecule has 9 nitrogen and oxygen atoms in total. The molecule has 1 aliphatic rings. The van der Waals surface area contributed by atoms with Crippen LogP contribution in [0.3, 0.4) is 0 Å². The highest BCUT2D eigenvalue weighted by Crippen LogP contribution is 2.36. The minimum absolute atomic E-state index is 0.0111. The van der Waals surface area contributed by atoms with Crippen molar-refractivity contribution in [2.45, 2.75) is 71.4 Å². The zero-order valence-corrected chi connectivity index (χ0v) is 25.1. The molecule has 0 radical (unpaired) electrons. The topological polar surface area (TPSA) is 89.6 Å². The molecule has 0 aromatic heterocycles. The van der Waals surface area contributed by atoms with Gasteiger partial charge in [-0.05, 0) is 69.3 Å². The number of carbonyl (C=O) groups is 2. The number of anilines is 2. The molecule has 1 fully saturated rings. The molecular weight excluding hydrogens is 517 g/mol. The van der Waals surface area contributed by atoms with Crippen LogP contribution in [0.5, 0.6) is 0 Å². The molecule has 0 spiro atoms. The predicted octanol–water partition coefficient (Wildman–Crippen LogP) is 5.44. The summed E-state index contributed by atoms with van der Waals surface area (Å²) < 4.78 is 37.4. The average Bonchev–Trinajstić information content (AvgIpc) is 3.13. The Morgan fingerprint density at radius 2 is 1.92 bits per heavy atom. The molecule has 0 bridgehead atoms. The molecule has 1 aromatic carbocycles. The molecule has 1 saturated heterocycles. The first-order valence-corrected chi connectivity index (χ1v) is 15.5. The molecule has 1 aliphatic heterocycles. The first-order valence-electron chi connectivity index (χ1n) is 12.2. The molecule has 208 valence electrons. The number of hydrogen-bond acceptors (Lipinski definition) is 7. The number of methoxy groups -OCH3 is 1. The first-order chi connectivity index (χ1) is 16.9. The second-order valence-corrected chi connectivity index (χ2v) is 16.5. The van der Waals surface area contributed by atoms with Gasteiger partial charge in [0.2, 0.25) is 0 Å². The number of rotatable bonds is 8. The Labute approximate surface area is 225 Å². The van der Waals surface area contributed by atoms with Gasteiger partial charge in [0.1, 0.15) is 17.5 Å². The van der Waals surface area contributed by atoms with Crippen LogP contribution in [0.15, 0.2) is 18.2 Å². The van der Waals surface area contributed by atoms with Crippen molar-refractivity contribution in [2.24, 2.45) is 0 Å². The van der Waals surface area contributed by atoms with Crippen molar-refractivity contribution in [3.8, 4) is 0 Å². The summed E-state index contributed by atoms with van der Waals surface area (Å²) >= 11 is 4.93. The van der Waals surface area contributed by atoms with Gasteiger partial charge in [-0.15, -0.1) is 0 Å². The fraction of sp³-hybridized carbons (Fsp3) is 0.640. The van der Waals surface area contributed by atoms with E-state index in [0.29, 0.717) is 5.69 Å². The quantitative estimate of drug-likeness (QED) is 0.334. The van der Waals surface area contributed by atoms with E-state index in [9.17, 15) is 9.59 Å². The number of hydrogen-bond donors (Lipinski definition) is 1. The van der Waals surface area contributed by atoms with E-state index in [0.717, 1.165) is 0 Å². The molecule has 1 N–H and O–H groups in total. The first kappa shape index (κ1) is 30.8. The number of amides is 2. The third-order valence-corrected chi connectivity index (χ3v) is 11.1. The smallest absolute Gasteiger partial charge is 0.414 e. The van der Waals surface area contributed by atoms with Gasteiger partial charge in [-0.1, -0.05) is 20.8 Å². The van der Waals surface area contributed by atoms with Crippen LogP contribution in [-0.2, 0) is 18.6 Å². The van der Waals surface area contributed by atoms with Crippen molar-refractivity contribution in [2.75, 3.05) is 43.2 Å². The highest BCUT2D eigenvalue weighted by Gasteiger charge is 2.38. The minimum atomic E-state index is -2.08. The number of cyclic esters (lactones) is 1.